The number of hydrogen-bond donors (Lipinski definition) is 1. The summed E-state index contributed by atoms with van der Waals surface area (Å²) < 4.78 is 4.13. The molecule has 110 valence electrons. The van der Waals surface area contributed by atoms with E-state index < -0.39 is 0 Å². The summed E-state index contributed by atoms with van der Waals surface area (Å²) >= 11 is 13.5. The lowest BCUT2D eigenvalue weighted by Gasteiger charge is -2.38. The molecule has 21 heavy (non-hydrogen) atoms. The van der Waals surface area contributed by atoms with Crippen molar-refractivity contribution in [1.29, 1.82) is 0 Å². The first-order valence-electron chi connectivity index (χ1n) is 6.73. The Morgan fingerprint density at radius 2 is 2.19 bits per heavy atom. The highest BCUT2D eigenvalue weighted by Gasteiger charge is 2.35. The predicted octanol–water partition coefficient (Wildman–Crippen LogP) is 4.43. The van der Waals surface area contributed by atoms with Crippen molar-refractivity contribution in [2.24, 2.45) is 0 Å². The van der Waals surface area contributed by atoms with Crippen LogP contribution in [0, 0.1) is 6.92 Å². The summed E-state index contributed by atoms with van der Waals surface area (Å²) in [5, 5.41) is 6.17. The monoisotopic (exact) mass is 340 g/mol. The Labute approximate surface area is 137 Å². The van der Waals surface area contributed by atoms with Crippen LogP contribution in [0.25, 0.3) is 0 Å². The second kappa shape index (κ2) is 5.95. The molecule has 0 bridgehead atoms. The highest BCUT2D eigenvalue weighted by atomic mass is 35.5. The number of benzene rings is 1. The Hall–Kier alpha value is -1.10. The van der Waals surface area contributed by atoms with Gasteiger partial charge in [-0.3, -0.25) is 4.79 Å². The van der Waals surface area contributed by atoms with E-state index in [1.165, 1.54) is 11.5 Å². The molecule has 2 atom stereocenters. The van der Waals surface area contributed by atoms with E-state index in [2.05, 4.69) is 9.69 Å². The fourth-order valence-corrected chi connectivity index (χ4v) is 3.84. The van der Waals surface area contributed by atoms with E-state index in [9.17, 15) is 4.79 Å². The number of aromatic nitrogens is 1. The molecule has 1 aromatic heterocycles. The van der Waals surface area contributed by atoms with Crippen LogP contribution in [0.15, 0.2) is 23.6 Å². The quantitative estimate of drug-likeness (QED) is 0.897. The average molecular weight is 341 g/mol. The van der Waals surface area contributed by atoms with Crippen molar-refractivity contribution < 1.29 is 4.79 Å². The second-order valence-electron chi connectivity index (χ2n) is 5.24. The zero-order chi connectivity index (χ0) is 15.0. The molecule has 1 saturated carbocycles. The number of carbonyl (C=O) groups excluding carboxylic acids is 1. The van der Waals surface area contributed by atoms with E-state index in [1.54, 1.807) is 11.4 Å². The number of amides is 1. The molecule has 0 unspecified atom stereocenters. The van der Waals surface area contributed by atoms with Crippen LogP contribution in [-0.4, -0.2) is 16.3 Å². The number of nitrogens with one attached hydrogen (secondary N) is 1. The normalized spacial score (nSPS) is 20.9. The van der Waals surface area contributed by atoms with E-state index in [0.717, 1.165) is 24.1 Å². The average Bonchev–Trinajstić information content (AvgIpc) is 2.84. The van der Waals surface area contributed by atoms with Gasteiger partial charge >= 0.3 is 0 Å². The lowest BCUT2D eigenvalue weighted by atomic mass is 9.75. The van der Waals surface area contributed by atoms with Gasteiger partial charge in [0.2, 0.25) is 0 Å². The summed E-state index contributed by atoms with van der Waals surface area (Å²) in [6.45, 7) is 1.85. The van der Waals surface area contributed by atoms with Crippen LogP contribution in [0.4, 0.5) is 0 Å². The summed E-state index contributed by atoms with van der Waals surface area (Å²) in [5.74, 6) is 0.201. The van der Waals surface area contributed by atoms with Crippen molar-refractivity contribution >= 4 is 40.6 Å². The number of aryl methyl sites for hydroxylation is 1. The number of halogens is 2. The molecule has 0 spiro atoms. The minimum absolute atomic E-state index is 0.0546. The predicted molar refractivity (Wildman–Crippen MR) is 86.5 cm³/mol. The van der Waals surface area contributed by atoms with Crippen LogP contribution in [0.5, 0.6) is 0 Å². The number of nitrogens with zero attached hydrogens (tertiary/aromatic N) is 1. The van der Waals surface area contributed by atoms with Crippen molar-refractivity contribution in [3.63, 3.8) is 0 Å². The van der Waals surface area contributed by atoms with Crippen LogP contribution in [0.2, 0.25) is 10.0 Å². The Morgan fingerprint density at radius 3 is 2.76 bits per heavy atom. The van der Waals surface area contributed by atoms with Gasteiger partial charge < -0.3 is 5.32 Å². The van der Waals surface area contributed by atoms with Crippen molar-refractivity contribution in [2.45, 2.75) is 31.7 Å². The van der Waals surface area contributed by atoms with Gasteiger partial charge in [0.05, 0.1) is 11.3 Å². The van der Waals surface area contributed by atoms with Gasteiger partial charge in [0, 0.05) is 27.4 Å². The molecule has 0 saturated heterocycles. The summed E-state index contributed by atoms with van der Waals surface area (Å²) in [7, 11) is 0. The first-order chi connectivity index (χ1) is 10.1. The molecule has 1 amide bonds. The smallest absolute Gasteiger partial charge is 0.254 e. The van der Waals surface area contributed by atoms with Gasteiger partial charge in [0.15, 0.2) is 0 Å². The van der Waals surface area contributed by atoms with Gasteiger partial charge in [-0.1, -0.05) is 29.3 Å². The minimum Gasteiger partial charge on any atom is -0.349 e. The SMILES string of the molecule is Cc1nscc1C(=O)N[C@H]1CC[C@H]1c1ccc(Cl)cc1Cl. The molecular formula is C15H14Cl2N2OS. The molecule has 1 heterocycles. The maximum absolute atomic E-state index is 12.2. The van der Waals surface area contributed by atoms with E-state index in [0.29, 0.717) is 15.6 Å². The van der Waals surface area contributed by atoms with Gasteiger partial charge in [-0.05, 0) is 49.0 Å². The van der Waals surface area contributed by atoms with Crippen molar-refractivity contribution in [2.75, 3.05) is 0 Å². The third kappa shape index (κ3) is 2.93. The van der Waals surface area contributed by atoms with E-state index in [1.807, 2.05) is 19.1 Å². The molecule has 6 heteroatoms. The largest absolute Gasteiger partial charge is 0.349 e. The Morgan fingerprint density at radius 1 is 1.38 bits per heavy atom. The highest BCUT2D eigenvalue weighted by Crippen LogP contribution is 2.41. The molecule has 3 rings (SSSR count). The lowest BCUT2D eigenvalue weighted by Crippen LogP contribution is -2.45. The third-order valence-corrected chi connectivity index (χ3v) is 5.23. The summed E-state index contributed by atoms with van der Waals surface area (Å²) in [5.41, 5.74) is 2.49. The topological polar surface area (TPSA) is 42.0 Å². The molecule has 0 aliphatic heterocycles. The molecule has 0 radical (unpaired) electrons. The van der Waals surface area contributed by atoms with Gasteiger partial charge in [-0.15, -0.1) is 0 Å². The van der Waals surface area contributed by atoms with E-state index >= 15 is 0 Å². The second-order valence-corrected chi connectivity index (χ2v) is 6.72. The fourth-order valence-electron chi connectivity index (χ4n) is 2.60. The van der Waals surface area contributed by atoms with Gasteiger partial charge in [0.25, 0.3) is 5.91 Å². The summed E-state index contributed by atoms with van der Waals surface area (Å²) in [6, 6.07) is 5.66. The number of hydrogen-bond acceptors (Lipinski definition) is 3. The number of carbonyl (C=O) groups is 1. The fraction of sp³-hybridized carbons (Fsp3) is 0.333. The van der Waals surface area contributed by atoms with Crippen molar-refractivity contribution in [1.82, 2.24) is 9.69 Å². The van der Waals surface area contributed by atoms with Crippen LogP contribution in [0.1, 0.15) is 40.4 Å². The summed E-state index contributed by atoms with van der Waals surface area (Å²) in [6.07, 6.45) is 1.99. The first kappa shape index (κ1) is 14.8. The van der Waals surface area contributed by atoms with Gasteiger partial charge in [-0.2, -0.15) is 4.37 Å². The minimum atomic E-state index is -0.0546. The van der Waals surface area contributed by atoms with Crippen molar-refractivity contribution in [3.05, 3.63) is 50.4 Å². The highest BCUT2D eigenvalue weighted by molar-refractivity contribution is 7.03. The maximum Gasteiger partial charge on any atom is 0.254 e. The molecule has 1 fully saturated rings. The first-order valence-corrected chi connectivity index (χ1v) is 8.32. The van der Waals surface area contributed by atoms with E-state index in [4.69, 9.17) is 23.2 Å². The van der Waals surface area contributed by atoms with Gasteiger partial charge in [0.1, 0.15) is 0 Å². The standard InChI is InChI=1S/C15H14Cl2N2OS/c1-8-12(7-21-19-8)15(20)18-14-5-4-11(14)10-3-2-9(16)6-13(10)17/h2-3,6-7,11,14H,4-5H2,1H3,(H,18,20)/t11-,14-/m0/s1. The molecule has 3 nitrogen and oxygen atoms in total. The zero-order valence-electron chi connectivity index (χ0n) is 11.4. The Balaban J connectivity index is 1.73. The van der Waals surface area contributed by atoms with E-state index in [-0.39, 0.29) is 17.9 Å². The van der Waals surface area contributed by atoms with Crippen molar-refractivity contribution in [3.8, 4) is 0 Å². The van der Waals surface area contributed by atoms with Crippen LogP contribution in [0.3, 0.4) is 0 Å². The molecular weight excluding hydrogens is 327 g/mol. The molecule has 1 aliphatic carbocycles. The Bertz CT molecular complexity index is 686. The lowest BCUT2D eigenvalue weighted by molar-refractivity contribution is 0.0904. The molecule has 1 aliphatic rings. The van der Waals surface area contributed by atoms with Gasteiger partial charge in [-0.25, -0.2) is 0 Å². The zero-order valence-corrected chi connectivity index (χ0v) is 13.7. The maximum atomic E-state index is 12.2. The van der Waals surface area contributed by atoms with Crippen LogP contribution in [-0.2, 0) is 0 Å². The number of rotatable bonds is 3. The molecule has 2 aromatic rings. The Kier molecular flexibility index (Phi) is 4.20. The third-order valence-electron chi connectivity index (χ3n) is 3.95. The molecule has 1 N–H and O–H groups in total. The van der Waals surface area contributed by atoms with Crippen LogP contribution < -0.4 is 5.32 Å². The molecule has 1 aromatic carbocycles. The summed E-state index contributed by atoms with van der Waals surface area (Å²) in [4.78, 5) is 12.2. The van der Waals surface area contributed by atoms with Crippen LogP contribution >= 0.6 is 34.7 Å².